The van der Waals surface area contributed by atoms with Gasteiger partial charge >= 0.3 is 0 Å². The van der Waals surface area contributed by atoms with Gasteiger partial charge in [0.15, 0.2) is 0 Å². The van der Waals surface area contributed by atoms with Crippen molar-refractivity contribution in [3.63, 3.8) is 0 Å². The molecule has 2 aromatic rings. The molecule has 0 saturated carbocycles. The third-order valence-corrected chi connectivity index (χ3v) is 3.46. The summed E-state index contributed by atoms with van der Waals surface area (Å²) in [6.45, 7) is 8.81. The van der Waals surface area contributed by atoms with Crippen molar-refractivity contribution in [3.8, 4) is 0 Å². The lowest BCUT2D eigenvalue weighted by Crippen LogP contribution is -2.27. The van der Waals surface area contributed by atoms with Crippen LogP contribution in [0, 0.1) is 0 Å². The van der Waals surface area contributed by atoms with Gasteiger partial charge in [0, 0.05) is 5.54 Å². The molecule has 104 valence electrons. The predicted octanol–water partition coefficient (Wildman–Crippen LogP) is 3.98. The molecule has 2 N–H and O–H groups in total. The summed E-state index contributed by atoms with van der Waals surface area (Å²) in [6.07, 6.45) is 3.31. The fraction of sp³-hybridized carbons (Fsp3) is 0.562. The van der Waals surface area contributed by atoms with E-state index in [9.17, 15) is 0 Å². The summed E-state index contributed by atoms with van der Waals surface area (Å²) in [6, 6.07) is 8.31. The van der Waals surface area contributed by atoms with Gasteiger partial charge in [0.1, 0.15) is 5.82 Å². The second-order valence-electron chi connectivity index (χ2n) is 6.21. The molecular weight excluding hydrogens is 234 g/mol. The van der Waals surface area contributed by atoms with E-state index in [4.69, 9.17) is 10.7 Å². The first kappa shape index (κ1) is 14.1. The third-order valence-electron chi connectivity index (χ3n) is 3.46. The summed E-state index contributed by atoms with van der Waals surface area (Å²) >= 11 is 0. The van der Waals surface area contributed by atoms with Crippen LogP contribution in [0.15, 0.2) is 24.3 Å². The van der Waals surface area contributed by atoms with E-state index in [1.54, 1.807) is 0 Å². The van der Waals surface area contributed by atoms with Gasteiger partial charge in [0.2, 0.25) is 0 Å². The number of hydrogen-bond acceptors (Lipinski definition) is 2. The minimum absolute atomic E-state index is 0.00469. The van der Waals surface area contributed by atoms with Crippen LogP contribution in [0.3, 0.4) is 0 Å². The molecule has 0 saturated heterocycles. The molecule has 19 heavy (non-hydrogen) atoms. The summed E-state index contributed by atoms with van der Waals surface area (Å²) < 4.78 is 2.29. The van der Waals surface area contributed by atoms with E-state index in [0.29, 0.717) is 0 Å². The average Bonchev–Trinajstić information content (AvgIpc) is 2.74. The average molecular weight is 259 g/mol. The topological polar surface area (TPSA) is 43.8 Å². The van der Waals surface area contributed by atoms with Gasteiger partial charge in [0.25, 0.3) is 0 Å². The van der Waals surface area contributed by atoms with Crippen molar-refractivity contribution in [2.75, 3.05) is 0 Å². The maximum atomic E-state index is 6.36. The predicted molar refractivity (Wildman–Crippen MR) is 81.2 cm³/mol. The molecule has 1 heterocycles. The second kappa shape index (κ2) is 5.33. The highest BCUT2D eigenvalue weighted by Gasteiger charge is 2.24. The Balaban J connectivity index is 2.53. The number of para-hydroxylation sites is 2. The van der Waals surface area contributed by atoms with Crippen LogP contribution in [0.2, 0.25) is 0 Å². The van der Waals surface area contributed by atoms with Crippen molar-refractivity contribution in [1.29, 1.82) is 0 Å². The zero-order valence-electron chi connectivity index (χ0n) is 12.5. The molecule has 0 bridgehead atoms. The van der Waals surface area contributed by atoms with E-state index in [1.165, 1.54) is 11.9 Å². The summed E-state index contributed by atoms with van der Waals surface area (Å²) in [5, 5.41) is 0. The number of aromatic nitrogens is 2. The Morgan fingerprint density at radius 3 is 2.58 bits per heavy atom. The maximum Gasteiger partial charge on any atom is 0.127 e. The smallest absolute Gasteiger partial charge is 0.127 e. The zero-order chi connectivity index (χ0) is 14.0. The number of unbranched alkanes of at least 4 members (excludes halogenated alkanes) is 1. The Kier molecular flexibility index (Phi) is 3.95. The molecule has 3 nitrogen and oxygen atoms in total. The number of imidazole rings is 1. The number of hydrogen-bond donors (Lipinski definition) is 1. The maximum absolute atomic E-state index is 6.36. The molecule has 3 heteroatoms. The summed E-state index contributed by atoms with van der Waals surface area (Å²) in [7, 11) is 0. The molecule has 0 aliphatic carbocycles. The Bertz CT molecular complexity index is 549. The highest BCUT2D eigenvalue weighted by molar-refractivity contribution is 5.76. The Hall–Kier alpha value is -1.35. The molecular formula is C16H25N3. The zero-order valence-corrected chi connectivity index (χ0v) is 12.5. The molecule has 1 unspecified atom stereocenters. The Morgan fingerprint density at radius 1 is 1.26 bits per heavy atom. The van der Waals surface area contributed by atoms with Crippen LogP contribution in [-0.2, 0) is 5.54 Å². The summed E-state index contributed by atoms with van der Waals surface area (Å²) in [5.74, 6) is 1.02. The van der Waals surface area contributed by atoms with Crippen molar-refractivity contribution in [2.45, 2.75) is 58.5 Å². The Morgan fingerprint density at radius 2 is 1.95 bits per heavy atom. The fourth-order valence-corrected chi connectivity index (χ4v) is 2.55. The number of nitrogens with two attached hydrogens (primary N) is 1. The first-order chi connectivity index (χ1) is 8.95. The van der Waals surface area contributed by atoms with E-state index in [-0.39, 0.29) is 11.6 Å². The number of benzene rings is 1. The molecule has 1 aromatic heterocycles. The highest BCUT2D eigenvalue weighted by Crippen LogP contribution is 2.29. The highest BCUT2D eigenvalue weighted by atomic mass is 15.1. The van der Waals surface area contributed by atoms with Crippen LogP contribution in [0.5, 0.6) is 0 Å². The van der Waals surface area contributed by atoms with E-state index in [0.717, 1.165) is 24.2 Å². The van der Waals surface area contributed by atoms with Gasteiger partial charge in [-0.2, -0.15) is 0 Å². The quantitative estimate of drug-likeness (QED) is 0.902. The second-order valence-corrected chi connectivity index (χ2v) is 6.21. The first-order valence-electron chi connectivity index (χ1n) is 7.18. The largest absolute Gasteiger partial charge is 0.321 e. The van der Waals surface area contributed by atoms with Crippen LogP contribution >= 0.6 is 0 Å². The summed E-state index contributed by atoms with van der Waals surface area (Å²) in [4.78, 5) is 4.77. The molecule has 0 spiro atoms. The Labute approximate surface area is 115 Å². The molecule has 1 aromatic carbocycles. The van der Waals surface area contributed by atoms with Crippen molar-refractivity contribution in [3.05, 3.63) is 30.1 Å². The molecule has 0 fully saturated rings. The SMILES string of the molecule is CCCCC(N)c1nc2ccccc2n1C(C)(C)C. The molecule has 0 amide bonds. The van der Waals surface area contributed by atoms with Crippen molar-refractivity contribution >= 4 is 11.0 Å². The molecule has 2 rings (SSSR count). The van der Waals surface area contributed by atoms with Gasteiger partial charge in [-0.3, -0.25) is 0 Å². The van der Waals surface area contributed by atoms with Crippen LogP contribution in [0.4, 0.5) is 0 Å². The van der Waals surface area contributed by atoms with E-state index in [1.807, 2.05) is 6.07 Å². The number of fused-ring (bicyclic) bond motifs is 1. The van der Waals surface area contributed by atoms with E-state index < -0.39 is 0 Å². The lowest BCUT2D eigenvalue weighted by molar-refractivity contribution is 0.378. The van der Waals surface area contributed by atoms with Crippen LogP contribution in [-0.4, -0.2) is 9.55 Å². The van der Waals surface area contributed by atoms with Gasteiger partial charge in [-0.25, -0.2) is 4.98 Å². The number of nitrogens with zero attached hydrogens (tertiary/aromatic N) is 2. The summed E-state index contributed by atoms with van der Waals surface area (Å²) in [5.41, 5.74) is 8.57. The monoisotopic (exact) mass is 259 g/mol. The van der Waals surface area contributed by atoms with Crippen LogP contribution in [0.1, 0.15) is 58.8 Å². The lowest BCUT2D eigenvalue weighted by atomic mass is 10.1. The first-order valence-corrected chi connectivity index (χ1v) is 7.18. The standard InChI is InChI=1S/C16H25N3/c1-5-6-9-12(17)15-18-13-10-7-8-11-14(13)19(15)16(2,3)4/h7-8,10-12H,5-6,9,17H2,1-4H3. The van der Waals surface area contributed by atoms with Gasteiger partial charge in [0.05, 0.1) is 17.1 Å². The minimum atomic E-state index is -0.00469. The normalized spacial score (nSPS) is 13.9. The molecule has 0 radical (unpaired) electrons. The lowest BCUT2D eigenvalue weighted by Gasteiger charge is -2.26. The van der Waals surface area contributed by atoms with Crippen molar-refractivity contribution < 1.29 is 0 Å². The molecule has 0 aliphatic rings. The molecule has 1 atom stereocenters. The van der Waals surface area contributed by atoms with Crippen molar-refractivity contribution in [1.82, 2.24) is 9.55 Å². The van der Waals surface area contributed by atoms with E-state index in [2.05, 4.69) is 50.5 Å². The van der Waals surface area contributed by atoms with Crippen LogP contribution < -0.4 is 5.73 Å². The molecule has 0 aliphatic heterocycles. The van der Waals surface area contributed by atoms with Gasteiger partial charge in [-0.05, 0) is 39.3 Å². The van der Waals surface area contributed by atoms with Crippen LogP contribution in [0.25, 0.3) is 11.0 Å². The fourth-order valence-electron chi connectivity index (χ4n) is 2.55. The van der Waals surface area contributed by atoms with E-state index >= 15 is 0 Å². The number of rotatable bonds is 4. The third kappa shape index (κ3) is 2.81. The van der Waals surface area contributed by atoms with Gasteiger partial charge in [-0.15, -0.1) is 0 Å². The van der Waals surface area contributed by atoms with Gasteiger partial charge < -0.3 is 10.3 Å². The van der Waals surface area contributed by atoms with Crippen molar-refractivity contribution in [2.24, 2.45) is 5.73 Å². The van der Waals surface area contributed by atoms with Gasteiger partial charge in [-0.1, -0.05) is 31.9 Å². The minimum Gasteiger partial charge on any atom is -0.321 e.